The van der Waals surface area contributed by atoms with Gasteiger partial charge in [-0.15, -0.1) is 0 Å². The van der Waals surface area contributed by atoms with E-state index in [-0.39, 0.29) is 12.3 Å². The molecular weight excluding hydrogens is 168 g/mol. The van der Waals surface area contributed by atoms with Crippen molar-refractivity contribution < 1.29 is 9.63 Å². The molecule has 0 atom stereocenters. The van der Waals surface area contributed by atoms with Gasteiger partial charge in [-0.2, -0.15) is 0 Å². The molecule has 0 fully saturated rings. The maximum absolute atomic E-state index is 10.7. The number of rotatable bonds is 4. The standard InChI is InChI=1S/C9H12N2O2/c10-9(12)5-7-3-1-2-4-8(7)6-13-11/h1-4H,5-6,11H2,(H2,10,12). The van der Waals surface area contributed by atoms with E-state index < -0.39 is 0 Å². The lowest BCUT2D eigenvalue weighted by Crippen LogP contribution is -2.15. The van der Waals surface area contributed by atoms with E-state index >= 15 is 0 Å². The van der Waals surface area contributed by atoms with Crippen molar-refractivity contribution in [3.8, 4) is 0 Å². The van der Waals surface area contributed by atoms with Crippen LogP contribution < -0.4 is 11.6 Å². The van der Waals surface area contributed by atoms with Gasteiger partial charge in [-0.3, -0.25) is 9.63 Å². The molecule has 0 saturated carbocycles. The number of primary amides is 1. The minimum atomic E-state index is -0.357. The van der Waals surface area contributed by atoms with Crippen LogP contribution in [0, 0.1) is 0 Å². The fourth-order valence-corrected chi connectivity index (χ4v) is 1.15. The van der Waals surface area contributed by atoms with Crippen molar-refractivity contribution in [1.29, 1.82) is 0 Å². The van der Waals surface area contributed by atoms with E-state index in [0.717, 1.165) is 11.1 Å². The second-order valence-corrected chi connectivity index (χ2v) is 2.72. The Labute approximate surface area is 76.4 Å². The van der Waals surface area contributed by atoms with Crippen LogP contribution in [-0.4, -0.2) is 5.91 Å². The van der Waals surface area contributed by atoms with Crippen LogP contribution in [-0.2, 0) is 22.7 Å². The summed E-state index contributed by atoms with van der Waals surface area (Å²) in [4.78, 5) is 15.2. The average molecular weight is 180 g/mol. The number of carbonyl (C=O) groups is 1. The fourth-order valence-electron chi connectivity index (χ4n) is 1.15. The van der Waals surface area contributed by atoms with Crippen LogP contribution >= 0.6 is 0 Å². The summed E-state index contributed by atoms with van der Waals surface area (Å²) in [6, 6.07) is 7.39. The van der Waals surface area contributed by atoms with Gasteiger partial charge < -0.3 is 5.73 Å². The molecule has 4 heteroatoms. The highest BCUT2D eigenvalue weighted by Crippen LogP contribution is 2.09. The highest BCUT2D eigenvalue weighted by molar-refractivity contribution is 5.76. The molecule has 4 N–H and O–H groups in total. The third-order valence-electron chi connectivity index (χ3n) is 1.72. The molecule has 1 amide bonds. The van der Waals surface area contributed by atoms with Gasteiger partial charge in [-0.25, -0.2) is 5.90 Å². The van der Waals surface area contributed by atoms with E-state index in [0.29, 0.717) is 6.61 Å². The minimum absolute atomic E-state index is 0.222. The van der Waals surface area contributed by atoms with Crippen molar-refractivity contribution in [3.63, 3.8) is 0 Å². The predicted molar refractivity (Wildman–Crippen MR) is 48.3 cm³/mol. The molecule has 70 valence electrons. The second-order valence-electron chi connectivity index (χ2n) is 2.72. The Morgan fingerprint density at radius 3 is 2.46 bits per heavy atom. The van der Waals surface area contributed by atoms with Crippen LogP contribution in [0.3, 0.4) is 0 Å². The quantitative estimate of drug-likeness (QED) is 0.645. The van der Waals surface area contributed by atoms with E-state index in [1.807, 2.05) is 24.3 Å². The summed E-state index contributed by atoms with van der Waals surface area (Å²) in [7, 11) is 0. The molecule has 0 radical (unpaired) electrons. The Hall–Kier alpha value is -1.39. The van der Waals surface area contributed by atoms with Gasteiger partial charge in [0.05, 0.1) is 13.0 Å². The molecule has 0 aromatic heterocycles. The monoisotopic (exact) mass is 180 g/mol. The molecule has 0 aliphatic rings. The van der Waals surface area contributed by atoms with Crippen molar-refractivity contribution >= 4 is 5.91 Å². The Kier molecular flexibility index (Phi) is 3.42. The number of hydrogen-bond donors (Lipinski definition) is 2. The lowest BCUT2D eigenvalue weighted by atomic mass is 10.1. The molecule has 1 rings (SSSR count). The first-order valence-corrected chi connectivity index (χ1v) is 3.91. The number of carbonyl (C=O) groups excluding carboxylic acids is 1. The Morgan fingerprint density at radius 2 is 1.92 bits per heavy atom. The third-order valence-corrected chi connectivity index (χ3v) is 1.72. The van der Waals surface area contributed by atoms with Crippen LogP contribution in [0.25, 0.3) is 0 Å². The van der Waals surface area contributed by atoms with E-state index in [1.54, 1.807) is 0 Å². The number of amides is 1. The second kappa shape index (κ2) is 4.59. The SMILES string of the molecule is NOCc1ccccc1CC(N)=O. The van der Waals surface area contributed by atoms with Crippen LogP contribution in [0.15, 0.2) is 24.3 Å². The average Bonchev–Trinajstić information content (AvgIpc) is 2.08. The smallest absolute Gasteiger partial charge is 0.221 e. The molecule has 0 aliphatic carbocycles. The van der Waals surface area contributed by atoms with Gasteiger partial charge in [0.15, 0.2) is 0 Å². The molecule has 0 unspecified atom stereocenters. The van der Waals surface area contributed by atoms with Crippen LogP contribution in [0.2, 0.25) is 0 Å². The van der Waals surface area contributed by atoms with Gasteiger partial charge in [0, 0.05) is 0 Å². The zero-order valence-electron chi connectivity index (χ0n) is 7.19. The van der Waals surface area contributed by atoms with Crippen molar-refractivity contribution in [2.75, 3.05) is 0 Å². The molecule has 1 aromatic rings. The molecule has 0 bridgehead atoms. The minimum Gasteiger partial charge on any atom is -0.369 e. The molecule has 1 aromatic carbocycles. The largest absolute Gasteiger partial charge is 0.369 e. The molecule has 13 heavy (non-hydrogen) atoms. The van der Waals surface area contributed by atoms with Crippen molar-refractivity contribution in [2.24, 2.45) is 11.6 Å². The van der Waals surface area contributed by atoms with Gasteiger partial charge in [0.25, 0.3) is 0 Å². The Balaban J connectivity index is 2.84. The number of nitrogens with two attached hydrogens (primary N) is 2. The van der Waals surface area contributed by atoms with Gasteiger partial charge in [0.1, 0.15) is 0 Å². The Morgan fingerprint density at radius 1 is 1.31 bits per heavy atom. The van der Waals surface area contributed by atoms with Crippen LogP contribution in [0.5, 0.6) is 0 Å². The molecule has 0 saturated heterocycles. The highest BCUT2D eigenvalue weighted by atomic mass is 16.6. The summed E-state index contributed by atoms with van der Waals surface area (Å²) in [5.74, 6) is 4.59. The molecule has 4 nitrogen and oxygen atoms in total. The first-order valence-electron chi connectivity index (χ1n) is 3.91. The summed E-state index contributed by atoms with van der Waals surface area (Å²) in [6.45, 7) is 0.295. The number of hydrogen-bond acceptors (Lipinski definition) is 3. The van der Waals surface area contributed by atoms with Gasteiger partial charge in [0.2, 0.25) is 5.91 Å². The lowest BCUT2D eigenvalue weighted by Gasteiger charge is -2.05. The molecule has 0 spiro atoms. The van der Waals surface area contributed by atoms with E-state index in [1.165, 1.54) is 0 Å². The molecular formula is C9H12N2O2. The molecule has 0 heterocycles. The predicted octanol–water partition coefficient (Wildman–Crippen LogP) is 0.105. The topological polar surface area (TPSA) is 78.3 Å². The first-order chi connectivity index (χ1) is 6.24. The maximum atomic E-state index is 10.7. The normalized spacial score (nSPS) is 9.92. The fraction of sp³-hybridized carbons (Fsp3) is 0.222. The Bertz CT molecular complexity index is 299. The zero-order chi connectivity index (χ0) is 9.68. The highest BCUT2D eigenvalue weighted by Gasteiger charge is 2.03. The van der Waals surface area contributed by atoms with Crippen molar-refractivity contribution in [3.05, 3.63) is 35.4 Å². The maximum Gasteiger partial charge on any atom is 0.221 e. The van der Waals surface area contributed by atoms with Crippen LogP contribution in [0.1, 0.15) is 11.1 Å². The molecule has 0 aliphatic heterocycles. The summed E-state index contributed by atoms with van der Waals surface area (Å²) < 4.78 is 0. The van der Waals surface area contributed by atoms with E-state index in [4.69, 9.17) is 11.6 Å². The van der Waals surface area contributed by atoms with Gasteiger partial charge >= 0.3 is 0 Å². The van der Waals surface area contributed by atoms with Crippen LogP contribution in [0.4, 0.5) is 0 Å². The number of benzene rings is 1. The summed E-state index contributed by atoms with van der Waals surface area (Å²) in [5.41, 5.74) is 6.83. The van der Waals surface area contributed by atoms with Crippen molar-refractivity contribution in [1.82, 2.24) is 0 Å². The van der Waals surface area contributed by atoms with Crippen molar-refractivity contribution in [2.45, 2.75) is 13.0 Å². The van der Waals surface area contributed by atoms with E-state index in [2.05, 4.69) is 4.84 Å². The lowest BCUT2D eigenvalue weighted by molar-refractivity contribution is -0.117. The van der Waals surface area contributed by atoms with Gasteiger partial charge in [-0.1, -0.05) is 24.3 Å². The summed E-state index contributed by atoms with van der Waals surface area (Å²) >= 11 is 0. The summed E-state index contributed by atoms with van der Waals surface area (Å²) in [5, 5.41) is 0. The first kappa shape index (κ1) is 9.70. The van der Waals surface area contributed by atoms with E-state index in [9.17, 15) is 4.79 Å². The summed E-state index contributed by atoms with van der Waals surface area (Å²) in [6.07, 6.45) is 0.222. The van der Waals surface area contributed by atoms with Gasteiger partial charge in [-0.05, 0) is 11.1 Å². The third kappa shape index (κ3) is 2.85. The zero-order valence-corrected chi connectivity index (χ0v) is 7.19.